The standard InChI is InChI=1S/C27H31N3O3/c1-5-6-7-8-19-12-22-24(20-11-17(2)9-10-21(20)27(3,4)33-22)25(31)23(19)26(32)30-15-18-13-28-16-29-14-18/h9-14,16,31H,5-8,15H2,1-4H3,(H,30,32). The van der Waals surface area contributed by atoms with Gasteiger partial charge in [-0.1, -0.05) is 43.5 Å². The minimum absolute atomic E-state index is 0.0249. The van der Waals surface area contributed by atoms with E-state index in [2.05, 4.69) is 28.3 Å². The van der Waals surface area contributed by atoms with Crippen LogP contribution in [0.25, 0.3) is 11.1 Å². The molecule has 2 N–H and O–H groups in total. The molecule has 2 heterocycles. The van der Waals surface area contributed by atoms with E-state index < -0.39 is 5.60 Å². The number of aromatic hydroxyl groups is 1. The van der Waals surface area contributed by atoms with Gasteiger partial charge in [0.1, 0.15) is 23.4 Å². The molecule has 0 fully saturated rings. The molecule has 0 spiro atoms. The Morgan fingerprint density at radius 3 is 2.64 bits per heavy atom. The lowest BCUT2D eigenvalue weighted by Crippen LogP contribution is -2.30. The maximum absolute atomic E-state index is 13.3. The first-order valence-electron chi connectivity index (χ1n) is 11.5. The normalized spacial score (nSPS) is 13.6. The van der Waals surface area contributed by atoms with E-state index in [4.69, 9.17) is 4.74 Å². The third-order valence-electron chi connectivity index (χ3n) is 6.15. The maximum atomic E-state index is 13.3. The van der Waals surface area contributed by atoms with E-state index in [1.54, 1.807) is 12.4 Å². The van der Waals surface area contributed by atoms with Gasteiger partial charge >= 0.3 is 0 Å². The van der Waals surface area contributed by atoms with E-state index in [9.17, 15) is 9.90 Å². The van der Waals surface area contributed by atoms with Gasteiger partial charge in [0.2, 0.25) is 0 Å². The molecule has 172 valence electrons. The van der Waals surface area contributed by atoms with Crippen molar-refractivity contribution in [3.05, 3.63) is 70.8 Å². The number of hydrogen-bond acceptors (Lipinski definition) is 5. The highest BCUT2D eigenvalue weighted by atomic mass is 16.5. The van der Waals surface area contributed by atoms with Crippen LogP contribution in [0.4, 0.5) is 0 Å². The zero-order chi connectivity index (χ0) is 23.6. The molecule has 0 bridgehead atoms. The molecule has 4 rings (SSSR count). The minimum Gasteiger partial charge on any atom is -0.506 e. The Labute approximate surface area is 195 Å². The molecule has 33 heavy (non-hydrogen) atoms. The second-order valence-corrected chi connectivity index (χ2v) is 9.18. The van der Waals surface area contributed by atoms with Gasteiger partial charge in [-0.15, -0.1) is 0 Å². The molecule has 0 saturated heterocycles. The minimum atomic E-state index is -0.541. The van der Waals surface area contributed by atoms with Crippen LogP contribution in [0.15, 0.2) is 43.0 Å². The van der Waals surface area contributed by atoms with Crippen LogP contribution < -0.4 is 10.1 Å². The summed E-state index contributed by atoms with van der Waals surface area (Å²) in [7, 11) is 0. The van der Waals surface area contributed by atoms with Crippen LogP contribution in [-0.4, -0.2) is 21.0 Å². The first kappa shape index (κ1) is 22.8. The van der Waals surface area contributed by atoms with Crippen molar-refractivity contribution in [2.45, 2.75) is 65.5 Å². The maximum Gasteiger partial charge on any atom is 0.255 e. The number of ether oxygens (including phenoxy) is 1. The molecule has 1 aromatic heterocycles. The average Bonchev–Trinajstić information content (AvgIpc) is 2.77. The SMILES string of the molecule is CCCCCc1cc2c(c(O)c1C(=O)NCc1cncnc1)-c1cc(C)ccc1C(C)(C)O2. The van der Waals surface area contributed by atoms with Crippen LogP contribution in [0.1, 0.15) is 72.6 Å². The summed E-state index contributed by atoms with van der Waals surface area (Å²) in [4.78, 5) is 21.3. The second kappa shape index (κ2) is 9.22. The Morgan fingerprint density at radius 1 is 1.15 bits per heavy atom. The molecule has 1 aliphatic heterocycles. The second-order valence-electron chi connectivity index (χ2n) is 9.18. The van der Waals surface area contributed by atoms with Crippen molar-refractivity contribution in [2.75, 3.05) is 0 Å². The number of rotatable bonds is 7. The van der Waals surface area contributed by atoms with Gasteiger partial charge in [-0.3, -0.25) is 4.79 Å². The molecular formula is C27H31N3O3. The number of phenolic OH excluding ortho intramolecular Hbond substituents is 1. The van der Waals surface area contributed by atoms with Crippen molar-refractivity contribution in [2.24, 2.45) is 0 Å². The Kier molecular flexibility index (Phi) is 6.36. The van der Waals surface area contributed by atoms with Gasteiger partial charge in [0.05, 0.1) is 11.1 Å². The number of hydrogen-bond donors (Lipinski definition) is 2. The predicted octanol–water partition coefficient (Wildman–Crippen LogP) is 5.45. The number of benzene rings is 2. The number of aryl methyl sites for hydroxylation is 2. The number of amides is 1. The van der Waals surface area contributed by atoms with Gasteiger partial charge in [-0.05, 0) is 50.8 Å². The van der Waals surface area contributed by atoms with Crippen LogP contribution >= 0.6 is 0 Å². The summed E-state index contributed by atoms with van der Waals surface area (Å²) in [5, 5.41) is 14.4. The van der Waals surface area contributed by atoms with Crippen molar-refractivity contribution in [1.29, 1.82) is 0 Å². The first-order chi connectivity index (χ1) is 15.8. The van der Waals surface area contributed by atoms with Crippen LogP contribution in [-0.2, 0) is 18.6 Å². The molecule has 0 atom stereocenters. The zero-order valence-corrected chi connectivity index (χ0v) is 19.7. The van der Waals surface area contributed by atoms with Crippen LogP contribution in [0, 0.1) is 6.92 Å². The Balaban J connectivity index is 1.80. The summed E-state index contributed by atoms with van der Waals surface area (Å²) in [6.07, 6.45) is 8.52. The number of fused-ring (bicyclic) bond motifs is 3. The van der Waals surface area contributed by atoms with Crippen molar-refractivity contribution in [3.63, 3.8) is 0 Å². The highest BCUT2D eigenvalue weighted by molar-refractivity contribution is 6.02. The van der Waals surface area contributed by atoms with Crippen LogP contribution in [0.5, 0.6) is 11.5 Å². The van der Waals surface area contributed by atoms with Gasteiger partial charge in [0.15, 0.2) is 0 Å². The zero-order valence-electron chi connectivity index (χ0n) is 19.7. The Morgan fingerprint density at radius 2 is 1.91 bits per heavy atom. The molecule has 3 aromatic rings. The van der Waals surface area contributed by atoms with E-state index in [0.717, 1.165) is 47.1 Å². The van der Waals surface area contributed by atoms with Gasteiger partial charge in [0, 0.05) is 30.1 Å². The third-order valence-corrected chi connectivity index (χ3v) is 6.15. The summed E-state index contributed by atoms with van der Waals surface area (Å²) in [5.41, 5.74) is 4.93. The smallest absolute Gasteiger partial charge is 0.255 e. The van der Waals surface area contributed by atoms with Gasteiger partial charge in [0.25, 0.3) is 5.91 Å². The molecular weight excluding hydrogens is 414 g/mol. The Hall–Kier alpha value is -3.41. The molecule has 0 saturated carbocycles. The molecule has 0 radical (unpaired) electrons. The lowest BCUT2D eigenvalue weighted by Gasteiger charge is -2.36. The molecule has 2 aromatic carbocycles. The van der Waals surface area contributed by atoms with E-state index in [0.29, 0.717) is 23.3 Å². The molecule has 6 nitrogen and oxygen atoms in total. The molecule has 0 unspecified atom stereocenters. The lowest BCUT2D eigenvalue weighted by molar-refractivity contribution is 0.0945. The van der Waals surface area contributed by atoms with E-state index in [1.165, 1.54) is 6.33 Å². The number of unbranched alkanes of at least 4 members (excludes halogenated alkanes) is 2. The quantitative estimate of drug-likeness (QED) is 0.473. The lowest BCUT2D eigenvalue weighted by atomic mass is 9.83. The monoisotopic (exact) mass is 445 g/mol. The van der Waals surface area contributed by atoms with Gasteiger partial charge in [-0.2, -0.15) is 0 Å². The number of aromatic nitrogens is 2. The first-order valence-corrected chi connectivity index (χ1v) is 11.5. The number of nitrogens with one attached hydrogen (secondary N) is 1. The summed E-state index contributed by atoms with van der Waals surface area (Å²) in [6.45, 7) is 8.50. The number of nitrogens with zero attached hydrogens (tertiary/aromatic N) is 2. The van der Waals surface area contributed by atoms with E-state index in [1.807, 2.05) is 39.0 Å². The summed E-state index contributed by atoms with van der Waals surface area (Å²) >= 11 is 0. The van der Waals surface area contributed by atoms with Crippen LogP contribution in [0.3, 0.4) is 0 Å². The summed E-state index contributed by atoms with van der Waals surface area (Å²) < 4.78 is 6.37. The van der Waals surface area contributed by atoms with Crippen LogP contribution in [0.2, 0.25) is 0 Å². The molecule has 6 heteroatoms. The van der Waals surface area contributed by atoms with Gasteiger partial charge in [-0.25, -0.2) is 9.97 Å². The topological polar surface area (TPSA) is 84.3 Å². The number of carbonyl (C=O) groups is 1. The summed E-state index contributed by atoms with van der Waals surface area (Å²) in [5.74, 6) is 0.281. The fourth-order valence-corrected chi connectivity index (χ4v) is 4.46. The van der Waals surface area contributed by atoms with Crippen molar-refractivity contribution < 1.29 is 14.6 Å². The Bertz CT molecular complexity index is 1170. The van der Waals surface area contributed by atoms with E-state index >= 15 is 0 Å². The number of carbonyl (C=O) groups excluding carboxylic acids is 1. The fraction of sp³-hybridized carbons (Fsp3) is 0.370. The van der Waals surface area contributed by atoms with Gasteiger partial charge < -0.3 is 15.2 Å². The van der Waals surface area contributed by atoms with Crippen molar-refractivity contribution in [1.82, 2.24) is 15.3 Å². The third kappa shape index (κ3) is 4.56. The average molecular weight is 446 g/mol. The highest BCUT2D eigenvalue weighted by Crippen LogP contribution is 2.51. The molecule has 0 aliphatic carbocycles. The summed E-state index contributed by atoms with van der Waals surface area (Å²) in [6, 6.07) is 8.08. The molecule has 1 aliphatic rings. The predicted molar refractivity (Wildman–Crippen MR) is 128 cm³/mol. The largest absolute Gasteiger partial charge is 0.506 e. The number of phenols is 1. The molecule has 1 amide bonds. The van der Waals surface area contributed by atoms with E-state index in [-0.39, 0.29) is 18.2 Å². The van der Waals surface area contributed by atoms with Crippen molar-refractivity contribution in [3.8, 4) is 22.6 Å². The highest BCUT2D eigenvalue weighted by Gasteiger charge is 2.36. The van der Waals surface area contributed by atoms with Crippen molar-refractivity contribution >= 4 is 5.91 Å². The fourth-order valence-electron chi connectivity index (χ4n) is 4.46.